The molecular weight excluding hydrogens is 288 g/mol. The number of hydrogen-bond donors (Lipinski definition) is 1. The molecule has 0 amide bonds. The van der Waals surface area contributed by atoms with E-state index in [1.165, 1.54) is 24.3 Å². The average molecular weight is 298 g/mol. The molecular formula is C13H10BrF2N. The lowest BCUT2D eigenvalue weighted by molar-refractivity contribution is 0.621. The topological polar surface area (TPSA) is 26.0 Å². The third kappa shape index (κ3) is 2.90. The minimum absolute atomic E-state index is 0.318. The second-order valence-electron chi connectivity index (χ2n) is 3.73. The Bertz CT molecular complexity index is 505. The van der Waals surface area contributed by atoms with Gasteiger partial charge in [-0.1, -0.05) is 28.1 Å². The summed E-state index contributed by atoms with van der Waals surface area (Å²) in [7, 11) is 0. The molecule has 0 radical (unpaired) electrons. The van der Waals surface area contributed by atoms with Crippen molar-refractivity contribution in [1.82, 2.24) is 0 Å². The van der Waals surface area contributed by atoms with Crippen LogP contribution in [-0.4, -0.2) is 0 Å². The van der Waals surface area contributed by atoms with Crippen molar-refractivity contribution in [2.45, 2.75) is 6.04 Å². The molecule has 17 heavy (non-hydrogen) atoms. The SMILES string of the molecule is NC(c1ccc(F)cc1)c1cc(F)cc(Br)c1. The molecule has 2 aromatic carbocycles. The van der Waals surface area contributed by atoms with E-state index in [0.717, 1.165) is 5.56 Å². The van der Waals surface area contributed by atoms with E-state index in [2.05, 4.69) is 15.9 Å². The lowest BCUT2D eigenvalue weighted by atomic mass is 10.00. The van der Waals surface area contributed by atoms with Crippen molar-refractivity contribution in [2.75, 3.05) is 0 Å². The maximum atomic E-state index is 13.2. The number of hydrogen-bond acceptors (Lipinski definition) is 1. The van der Waals surface area contributed by atoms with Crippen molar-refractivity contribution in [2.24, 2.45) is 5.73 Å². The van der Waals surface area contributed by atoms with Crippen LogP contribution in [0.2, 0.25) is 0 Å². The summed E-state index contributed by atoms with van der Waals surface area (Å²) in [4.78, 5) is 0. The molecule has 2 N–H and O–H groups in total. The summed E-state index contributed by atoms with van der Waals surface area (Å²) in [6.07, 6.45) is 0. The van der Waals surface area contributed by atoms with E-state index in [0.29, 0.717) is 10.0 Å². The van der Waals surface area contributed by atoms with Crippen molar-refractivity contribution in [3.63, 3.8) is 0 Å². The summed E-state index contributed by atoms with van der Waals surface area (Å²) in [6, 6.07) is 9.88. The van der Waals surface area contributed by atoms with E-state index in [-0.39, 0.29) is 11.6 Å². The highest BCUT2D eigenvalue weighted by Gasteiger charge is 2.10. The maximum absolute atomic E-state index is 13.2. The Kier molecular flexibility index (Phi) is 3.54. The van der Waals surface area contributed by atoms with Crippen LogP contribution in [0.4, 0.5) is 8.78 Å². The summed E-state index contributed by atoms with van der Waals surface area (Å²) in [5.41, 5.74) is 7.38. The monoisotopic (exact) mass is 297 g/mol. The molecule has 0 bridgehead atoms. The molecule has 2 aromatic rings. The Hall–Kier alpha value is -1.26. The summed E-state index contributed by atoms with van der Waals surface area (Å²) >= 11 is 3.21. The lowest BCUT2D eigenvalue weighted by Gasteiger charge is -2.13. The molecule has 2 rings (SSSR count). The summed E-state index contributed by atoms with van der Waals surface area (Å²) < 4.78 is 26.6. The minimum Gasteiger partial charge on any atom is -0.320 e. The van der Waals surface area contributed by atoms with Gasteiger partial charge in [0, 0.05) is 4.47 Å². The van der Waals surface area contributed by atoms with Gasteiger partial charge in [-0.25, -0.2) is 8.78 Å². The van der Waals surface area contributed by atoms with Gasteiger partial charge in [0.1, 0.15) is 11.6 Å². The zero-order valence-corrected chi connectivity index (χ0v) is 10.4. The van der Waals surface area contributed by atoms with Crippen LogP contribution in [0.25, 0.3) is 0 Å². The van der Waals surface area contributed by atoms with Gasteiger partial charge >= 0.3 is 0 Å². The number of benzene rings is 2. The maximum Gasteiger partial charge on any atom is 0.124 e. The normalized spacial score (nSPS) is 12.5. The fraction of sp³-hybridized carbons (Fsp3) is 0.0769. The van der Waals surface area contributed by atoms with E-state index < -0.39 is 6.04 Å². The highest BCUT2D eigenvalue weighted by molar-refractivity contribution is 9.10. The van der Waals surface area contributed by atoms with Crippen LogP contribution >= 0.6 is 15.9 Å². The average Bonchev–Trinajstić information content (AvgIpc) is 2.28. The lowest BCUT2D eigenvalue weighted by Crippen LogP contribution is -2.12. The Morgan fingerprint density at radius 1 is 0.882 bits per heavy atom. The molecule has 0 aromatic heterocycles. The van der Waals surface area contributed by atoms with Crippen LogP contribution in [-0.2, 0) is 0 Å². The predicted octanol–water partition coefficient (Wildman–Crippen LogP) is 3.78. The van der Waals surface area contributed by atoms with Gasteiger partial charge in [-0.15, -0.1) is 0 Å². The molecule has 0 heterocycles. The molecule has 0 aliphatic rings. The van der Waals surface area contributed by atoms with Crippen LogP contribution in [0.15, 0.2) is 46.9 Å². The molecule has 0 spiro atoms. The predicted molar refractivity (Wildman–Crippen MR) is 66.5 cm³/mol. The molecule has 0 aliphatic carbocycles. The second-order valence-corrected chi connectivity index (χ2v) is 4.65. The summed E-state index contributed by atoms with van der Waals surface area (Å²) in [5, 5.41) is 0. The van der Waals surface area contributed by atoms with Gasteiger partial charge in [0.2, 0.25) is 0 Å². The Labute approximate surface area is 106 Å². The van der Waals surface area contributed by atoms with Crippen molar-refractivity contribution in [3.05, 3.63) is 69.7 Å². The Balaban J connectivity index is 2.36. The fourth-order valence-electron chi connectivity index (χ4n) is 1.62. The van der Waals surface area contributed by atoms with Gasteiger partial charge in [0.25, 0.3) is 0 Å². The smallest absolute Gasteiger partial charge is 0.124 e. The van der Waals surface area contributed by atoms with Crippen molar-refractivity contribution < 1.29 is 8.78 Å². The van der Waals surface area contributed by atoms with Crippen LogP contribution in [0.1, 0.15) is 17.2 Å². The Morgan fingerprint density at radius 3 is 2.12 bits per heavy atom. The zero-order valence-electron chi connectivity index (χ0n) is 8.83. The van der Waals surface area contributed by atoms with Gasteiger partial charge < -0.3 is 5.73 Å². The van der Waals surface area contributed by atoms with Crippen LogP contribution < -0.4 is 5.73 Å². The van der Waals surface area contributed by atoms with Crippen molar-refractivity contribution >= 4 is 15.9 Å². The van der Waals surface area contributed by atoms with Gasteiger partial charge in [0.15, 0.2) is 0 Å². The molecule has 1 unspecified atom stereocenters. The van der Waals surface area contributed by atoms with E-state index in [9.17, 15) is 8.78 Å². The van der Waals surface area contributed by atoms with Crippen LogP contribution in [0.5, 0.6) is 0 Å². The van der Waals surface area contributed by atoms with E-state index >= 15 is 0 Å². The van der Waals surface area contributed by atoms with Gasteiger partial charge in [-0.2, -0.15) is 0 Å². The van der Waals surface area contributed by atoms with Gasteiger partial charge in [-0.3, -0.25) is 0 Å². The largest absolute Gasteiger partial charge is 0.320 e. The molecule has 88 valence electrons. The van der Waals surface area contributed by atoms with Crippen molar-refractivity contribution in [1.29, 1.82) is 0 Å². The van der Waals surface area contributed by atoms with Gasteiger partial charge in [0.05, 0.1) is 6.04 Å². The standard InChI is InChI=1S/C13H10BrF2N/c14-10-5-9(6-12(16)7-10)13(17)8-1-3-11(15)4-2-8/h1-7,13H,17H2. The van der Waals surface area contributed by atoms with E-state index in [1.807, 2.05) is 0 Å². The third-order valence-electron chi connectivity index (χ3n) is 2.47. The molecule has 0 saturated carbocycles. The molecule has 1 nitrogen and oxygen atoms in total. The number of halogens is 3. The highest BCUT2D eigenvalue weighted by atomic mass is 79.9. The fourth-order valence-corrected chi connectivity index (χ4v) is 2.10. The molecule has 4 heteroatoms. The van der Waals surface area contributed by atoms with E-state index in [4.69, 9.17) is 5.73 Å². The number of rotatable bonds is 2. The molecule has 0 saturated heterocycles. The van der Waals surface area contributed by atoms with Gasteiger partial charge in [-0.05, 0) is 41.5 Å². The number of nitrogens with two attached hydrogens (primary N) is 1. The highest BCUT2D eigenvalue weighted by Crippen LogP contribution is 2.24. The summed E-state index contributed by atoms with van der Waals surface area (Å²) in [5.74, 6) is -0.673. The van der Waals surface area contributed by atoms with Crippen LogP contribution in [0.3, 0.4) is 0 Å². The first-order valence-corrected chi connectivity index (χ1v) is 5.82. The first kappa shape index (κ1) is 12.2. The first-order chi connectivity index (χ1) is 8.06. The summed E-state index contributed by atoms with van der Waals surface area (Å²) in [6.45, 7) is 0. The molecule has 1 atom stereocenters. The van der Waals surface area contributed by atoms with Crippen molar-refractivity contribution in [3.8, 4) is 0 Å². The quantitative estimate of drug-likeness (QED) is 0.897. The zero-order chi connectivity index (χ0) is 12.4. The molecule has 0 aliphatic heterocycles. The first-order valence-electron chi connectivity index (χ1n) is 5.03. The minimum atomic E-state index is -0.470. The van der Waals surface area contributed by atoms with Crippen LogP contribution in [0, 0.1) is 11.6 Å². The third-order valence-corrected chi connectivity index (χ3v) is 2.93. The molecule has 0 fully saturated rings. The second kappa shape index (κ2) is 4.94. The Morgan fingerprint density at radius 2 is 1.53 bits per heavy atom. The van der Waals surface area contributed by atoms with E-state index in [1.54, 1.807) is 18.2 Å².